The van der Waals surface area contributed by atoms with Crippen LogP contribution in [0.2, 0.25) is 0 Å². The van der Waals surface area contributed by atoms with Gasteiger partial charge in [0.25, 0.3) is 0 Å². The summed E-state index contributed by atoms with van der Waals surface area (Å²) in [5.74, 6) is 1.05. The molecule has 0 spiro atoms. The first-order valence-corrected chi connectivity index (χ1v) is 10.2. The van der Waals surface area contributed by atoms with E-state index in [4.69, 9.17) is 14.2 Å². The summed E-state index contributed by atoms with van der Waals surface area (Å²) >= 11 is 0. The first-order chi connectivity index (χ1) is 15.0. The summed E-state index contributed by atoms with van der Waals surface area (Å²) in [6.07, 6.45) is 1.52. The lowest BCUT2D eigenvalue weighted by Crippen LogP contribution is -2.09. The van der Waals surface area contributed by atoms with Gasteiger partial charge in [-0.1, -0.05) is 12.1 Å². The van der Waals surface area contributed by atoms with E-state index < -0.39 is 0 Å². The Morgan fingerprint density at radius 2 is 2.03 bits per heavy atom. The van der Waals surface area contributed by atoms with E-state index in [2.05, 4.69) is 36.3 Å². The highest BCUT2D eigenvalue weighted by molar-refractivity contribution is 5.72. The molecule has 1 N–H and O–H groups in total. The standard InChI is InChI=1S/C25H26N2O4/c1-15-5-6-18(16(2)25(15)19-7-10-24(29-4)27-13-19)12-26-20-8-9-21-22(11-20)30-14-23(21)31-17(3)28/h5-11,13,23,26H,12,14H2,1-4H3/t23-/m1/s1. The molecule has 0 radical (unpaired) electrons. The van der Waals surface area contributed by atoms with E-state index >= 15 is 0 Å². The number of pyridine rings is 1. The van der Waals surface area contributed by atoms with Crippen LogP contribution in [-0.4, -0.2) is 24.7 Å². The van der Waals surface area contributed by atoms with Crippen molar-refractivity contribution in [2.24, 2.45) is 0 Å². The van der Waals surface area contributed by atoms with Gasteiger partial charge in [0.1, 0.15) is 12.4 Å². The van der Waals surface area contributed by atoms with Gasteiger partial charge in [-0.3, -0.25) is 4.79 Å². The Morgan fingerprint density at radius 3 is 2.74 bits per heavy atom. The maximum atomic E-state index is 11.3. The molecule has 160 valence electrons. The van der Waals surface area contributed by atoms with Gasteiger partial charge < -0.3 is 19.5 Å². The molecular formula is C25H26N2O4. The van der Waals surface area contributed by atoms with Crippen molar-refractivity contribution in [2.45, 2.75) is 33.4 Å². The van der Waals surface area contributed by atoms with E-state index in [-0.39, 0.29) is 12.1 Å². The first kappa shape index (κ1) is 20.7. The molecule has 1 aliphatic heterocycles. The van der Waals surface area contributed by atoms with Gasteiger partial charge >= 0.3 is 5.97 Å². The molecule has 0 saturated carbocycles. The van der Waals surface area contributed by atoms with E-state index in [1.807, 2.05) is 36.5 Å². The lowest BCUT2D eigenvalue weighted by atomic mass is 9.93. The van der Waals surface area contributed by atoms with Gasteiger partial charge in [-0.25, -0.2) is 4.98 Å². The Bertz CT molecular complexity index is 1110. The average molecular weight is 418 g/mol. The fourth-order valence-corrected chi connectivity index (χ4v) is 3.96. The lowest BCUT2D eigenvalue weighted by Gasteiger charge is -2.16. The summed E-state index contributed by atoms with van der Waals surface area (Å²) in [5.41, 5.74) is 7.74. The second-order valence-electron chi connectivity index (χ2n) is 7.65. The summed E-state index contributed by atoms with van der Waals surface area (Å²) in [7, 11) is 1.62. The van der Waals surface area contributed by atoms with Gasteiger partial charge in [0.15, 0.2) is 6.10 Å². The SMILES string of the molecule is COc1ccc(-c2c(C)ccc(CNc3ccc4c(c3)OC[C@H]4OC(C)=O)c2C)cn1. The molecule has 0 fully saturated rings. The number of benzene rings is 2. The van der Waals surface area contributed by atoms with Crippen LogP contribution < -0.4 is 14.8 Å². The molecule has 3 aromatic rings. The molecule has 0 amide bonds. The van der Waals surface area contributed by atoms with E-state index in [9.17, 15) is 4.79 Å². The summed E-state index contributed by atoms with van der Waals surface area (Å²) in [6.45, 7) is 6.69. The average Bonchev–Trinajstić information content (AvgIpc) is 3.15. The molecule has 1 aliphatic rings. The quantitative estimate of drug-likeness (QED) is 0.569. The van der Waals surface area contributed by atoms with Crippen LogP contribution in [0.25, 0.3) is 11.1 Å². The van der Waals surface area contributed by atoms with Crippen molar-refractivity contribution < 1.29 is 19.0 Å². The number of carbonyl (C=O) groups is 1. The number of nitrogens with zero attached hydrogens (tertiary/aromatic N) is 1. The highest BCUT2D eigenvalue weighted by Gasteiger charge is 2.26. The fourth-order valence-electron chi connectivity index (χ4n) is 3.96. The Morgan fingerprint density at radius 1 is 1.19 bits per heavy atom. The van der Waals surface area contributed by atoms with Crippen molar-refractivity contribution >= 4 is 11.7 Å². The van der Waals surface area contributed by atoms with Crippen molar-refractivity contribution in [3.8, 4) is 22.8 Å². The molecular weight excluding hydrogens is 392 g/mol. The second-order valence-corrected chi connectivity index (χ2v) is 7.65. The Kier molecular flexibility index (Phi) is 5.80. The molecule has 2 heterocycles. The number of rotatable bonds is 6. The normalized spacial score (nSPS) is 14.5. The number of anilines is 1. The molecule has 2 aromatic carbocycles. The van der Waals surface area contributed by atoms with Crippen LogP contribution >= 0.6 is 0 Å². The molecule has 0 saturated heterocycles. The van der Waals surface area contributed by atoms with Crippen molar-refractivity contribution in [1.82, 2.24) is 4.98 Å². The first-order valence-electron chi connectivity index (χ1n) is 10.2. The van der Waals surface area contributed by atoms with Crippen LogP contribution in [0.4, 0.5) is 5.69 Å². The molecule has 4 rings (SSSR count). The van der Waals surface area contributed by atoms with Crippen molar-refractivity contribution in [3.05, 3.63) is 70.9 Å². The predicted molar refractivity (Wildman–Crippen MR) is 119 cm³/mol. The summed E-state index contributed by atoms with van der Waals surface area (Å²) in [6, 6.07) is 14.1. The van der Waals surface area contributed by atoms with Gasteiger partial charge in [-0.2, -0.15) is 0 Å². The number of hydrogen-bond acceptors (Lipinski definition) is 6. The van der Waals surface area contributed by atoms with Crippen molar-refractivity contribution in [3.63, 3.8) is 0 Å². The van der Waals surface area contributed by atoms with Gasteiger partial charge in [0.05, 0.1) is 7.11 Å². The third-order valence-corrected chi connectivity index (χ3v) is 5.56. The second kappa shape index (κ2) is 8.68. The fraction of sp³-hybridized carbons (Fsp3) is 0.280. The number of ether oxygens (including phenoxy) is 3. The molecule has 0 aliphatic carbocycles. The molecule has 6 heteroatoms. The van der Waals surface area contributed by atoms with Gasteiger partial charge in [0.2, 0.25) is 5.88 Å². The number of esters is 1. The van der Waals surface area contributed by atoms with Gasteiger partial charge in [-0.05, 0) is 54.3 Å². The minimum absolute atomic E-state index is 0.304. The lowest BCUT2D eigenvalue weighted by molar-refractivity contribution is -0.147. The molecule has 0 unspecified atom stereocenters. The highest BCUT2D eigenvalue weighted by atomic mass is 16.6. The Hall–Kier alpha value is -3.54. The zero-order valence-corrected chi connectivity index (χ0v) is 18.2. The van der Waals surface area contributed by atoms with E-state index in [0.717, 1.165) is 22.6 Å². The number of nitrogens with one attached hydrogen (secondary N) is 1. The topological polar surface area (TPSA) is 69.7 Å². The van der Waals surface area contributed by atoms with Crippen LogP contribution in [-0.2, 0) is 16.1 Å². The third kappa shape index (κ3) is 4.33. The number of carbonyl (C=O) groups excluding carboxylic acids is 1. The van der Waals surface area contributed by atoms with Crippen molar-refractivity contribution in [1.29, 1.82) is 0 Å². The molecule has 6 nitrogen and oxygen atoms in total. The Labute approximate surface area is 182 Å². The molecule has 0 bridgehead atoms. The third-order valence-electron chi connectivity index (χ3n) is 5.56. The summed E-state index contributed by atoms with van der Waals surface area (Å²) < 4.78 is 16.2. The van der Waals surface area contributed by atoms with E-state index in [1.165, 1.54) is 29.2 Å². The number of hydrogen-bond donors (Lipinski definition) is 1. The smallest absolute Gasteiger partial charge is 0.303 e. The molecule has 31 heavy (non-hydrogen) atoms. The maximum Gasteiger partial charge on any atom is 0.303 e. The number of fused-ring (bicyclic) bond motifs is 1. The minimum Gasteiger partial charge on any atom is -0.489 e. The number of aryl methyl sites for hydroxylation is 1. The minimum atomic E-state index is -0.332. The largest absolute Gasteiger partial charge is 0.489 e. The summed E-state index contributed by atoms with van der Waals surface area (Å²) in [4.78, 5) is 15.6. The van der Waals surface area contributed by atoms with E-state index in [0.29, 0.717) is 19.0 Å². The summed E-state index contributed by atoms with van der Waals surface area (Å²) in [5, 5.41) is 3.48. The zero-order chi connectivity index (χ0) is 22.0. The zero-order valence-electron chi connectivity index (χ0n) is 18.2. The monoisotopic (exact) mass is 418 g/mol. The van der Waals surface area contributed by atoms with Gasteiger partial charge in [-0.15, -0.1) is 0 Å². The Balaban J connectivity index is 1.52. The molecule has 1 aromatic heterocycles. The van der Waals surface area contributed by atoms with Gasteiger partial charge in [0, 0.05) is 48.6 Å². The number of methoxy groups -OCH3 is 1. The van der Waals surface area contributed by atoms with Crippen LogP contribution in [0.3, 0.4) is 0 Å². The van der Waals surface area contributed by atoms with Crippen molar-refractivity contribution in [2.75, 3.05) is 19.0 Å². The molecule has 1 atom stereocenters. The van der Waals surface area contributed by atoms with Crippen LogP contribution in [0.1, 0.15) is 35.3 Å². The number of aromatic nitrogens is 1. The van der Waals surface area contributed by atoms with Crippen LogP contribution in [0.15, 0.2) is 48.7 Å². The van der Waals surface area contributed by atoms with Crippen LogP contribution in [0, 0.1) is 13.8 Å². The van der Waals surface area contributed by atoms with E-state index in [1.54, 1.807) is 7.11 Å². The predicted octanol–water partition coefficient (Wildman–Crippen LogP) is 4.98. The highest BCUT2D eigenvalue weighted by Crippen LogP contribution is 2.37. The van der Waals surface area contributed by atoms with Crippen LogP contribution in [0.5, 0.6) is 11.6 Å². The maximum absolute atomic E-state index is 11.3.